The highest BCUT2D eigenvalue weighted by atomic mass is 16.5. The third kappa shape index (κ3) is 2.43. The number of nitrogens with one attached hydrogen (secondary N) is 1. The second kappa shape index (κ2) is 5.14. The molecule has 1 heterocycles. The molecular weight excluding hydrogens is 200 g/mol. The summed E-state index contributed by atoms with van der Waals surface area (Å²) in [6.07, 6.45) is 4.28. The Labute approximate surface area is 96.3 Å². The number of nitrogens with two attached hydrogens (primary N) is 1. The number of rotatable bonds is 3. The molecule has 0 radical (unpaired) electrons. The molecule has 1 aromatic carbocycles. The molecule has 0 bridgehead atoms. The van der Waals surface area contributed by atoms with E-state index in [-0.39, 0.29) is 6.04 Å². The molecule has 0 spiro atoms. The van der Waals surface area contributed by atoms with Gasteiger partial charge in [0, 0.05) is 0 Å². The van der Waals surface area contributed by atoms with Crippen molar-refractivity contribution in [2.75, 3.05) is 6.61 Å². The van der Waals surface area contributed by atoms with Gasteiger partial charge in [-0.05, 0) is 31.4 Å². The number of ether oxygens (including phenoxy) is 1. The lowest BCUT2D eigenvalue weighted by atomic mass is 10.0. The summed E-state index contributed by atoms with van der Waals surface area (Å²) in [5.41, 5.74) is 5.20. The Morgan fingerprint density at radius 2 is 2.06 bits per heavy atom. The minimum atomic E-state index is -0.0269. The van der Waals surface area contributed by atoms with Crippen LogP contribution in [0.25, 0.3) is 0 Å². The van der Waals surface area contributed by atoms with Crippen LogP contribution in [0.5, 0.6) is 0 Å². The number of aryl methyl sites for hydroxylation is 1. The van der Waals surface area contributed by atoms with Gasteiger partial charge in [0.25, 0.3) is 0 Å². The lowest BCUT2D eigenvalue weighted by molar-refractivity contribution is 0.168. The minimum absolute atomic E-state index is 0.0269. The minimum Gasteiger partial charge on any atom is -0.496 e. The molecule has 3 heteroatoms. The summed E-state index contributed by atoms with van der Waals surface area (Å²) < 4.78 is 5.63. The average molecular weight is 218 g/mol. The van der Waals surface area contributed by atoms with Gasteiger partial charge >= 0.3 is 0 Å². The molecule has 1 unspecified atom stereocenters. The van der Waals surface area contributed by atoms with Crippen LogP contribution in [-0.2, 0) is 4.74 Å². The fraction of sp³-hybridized carbons (Fsp3) is 0.385. The molecule has 0 amide bonds. The van der Waals surface area contributed by atoms with E-state index >= 15 is 0 Å². The molecule has 1 aliphatic rings. The normalized spacial score (nSPS) is 17.5. The Kier molecular flexibility index (Phi) is 3.59. The standard InChI is InChI=1S/C13H18N2O/c1-10-5-7-11(8-6-10)13(15-14)12-4-2-3-9-16-12/h4-8,13,15H,2-3,9,14H2,1H3. The van der Waals surface area contributed by atoms with Crippen LogP contribution >= 0.6 is 0 Å². The first-order valence-electron chi connectivity index (χ1n) is 5.67. The lowest BCUT2D eigenvalue weighted by Crippen LogP contribution is -2.31. The van der Waals surface area contributed by atoms with E-state index in [1.54, 1.807) is 0 Å². The third-order valence-corrected chi connectivity index (χ3v) is 2.82. The summed E-state index contributed by atoms with van der Waals surface area (Å²) in [5, 5.41) is 0. The molecule has 3 N–H and O–H groups in total. The van der Waals surface area contributed by atoms with Gasteiger partial charge in [0.15, 0.2) is 0 Å². The van der Waals surface area contributed by atoms with Gasteiger partial charge in [-0.2, -0.15) is 0 Å². The van der Waals surface area contributed by atoms with Crippen molar-refractivity contribution < 1.29 is 4.74 Å². The van der Waals surface area contributed by atoms with Crippen LogP contribution in [0.1, 0.15) is 30.0 Å². The zero-order valence-electron chi connectivity index (χ0n) is 9.57. The molecular formula is C13H18N2O. The summed E-state index contributed by atoms with van der Waals surface area (Å²) in [4.78, 5) is 0. The predicted molar refractivity (Wildman–Crippen MR) is 64.5 cm³/mol. The molecule has 1 aliphatic heterocycles. The molecule has 16 heavy (non-hydrogen) atoms. The van der Waals surface area contributed by atoms with Crippen molar-refractivity contribution in [3.05, 3.63) is 47.2 Å². The van der Waals surface area contributed by atoms with Crippen LogP contribution in [0.3, 0.4) is 0 Å². The Hall–Kier alpha value is -1.32. The van der Waals surface area contributed by atoms with E-state index in [1.807, 2.05) is 0 Å². The summed E-state index contributed by atoms with van der Waals surface area (Å²) in [5.74, 6) is 6.55. The third-order valence-electron chi connectivity index (χ3n) is 2.82. The Morgan fingerprint density at radius 3 is 2.62 bits per heavy atom. The van der Waals surface area contributed by atoms with Gasteiger partial charge in [-0.3, -0.25) is 5.84 Å². The topological polar surface area (TPSA) is 47.3 Å². The van der Waals surface area contributed by atoms with E-state index in [9.17, 15) is 0 Å². The monoisotopic (exact) mass is 218 g/mol. The van der Waals surface area contributed by atoms with Crippen LogP contribution < -0.4 is 11.3 Å². The lowest BCUT2D eigenvalue weighted by Gasteiger charge is -2.23. The van der Waals surface area contributed by atoms with Crippen molar-refractivity contribution in [2.45, 2.75) is 25.8 Å². The number of hydrogen-bond donors (Lipinski definition) is 2. The second-order valence-electron chi connectivity index (χ2n) is 4.11. The first-order chi connectivity index (χ1) is 7.81. The second-order valence-corrected chi connectivity index (χ2v) is 4.11. The molecule has 1 aromatic rings. The quantitative estimate of drug-likeness (QED) is 0.604. The van der Waals surface area contributed by atoms with E-state index in [0.29, 0.717) is 0 Å². The van der Waals surface area contributed by atoms with E-state index in [4.69, 9.17) is 10.6 Å². The van der Waals surface area contributed by atoms with E-state index in [1.165, 1.54) is 5.56 Å². The summed E-state index contributed by atoms with van der Waals surface area (Å²) in [6.45, 7) is 2.86. The van der Waals surface area contributed by atoms with Crippen molar-refractivity contribution in [1.82, 2.24) is 5.43 Å². The van der Waals surface area contributed by atoms with Crippen molar-refractivity contribution in [1.29, 1.82) is 0 Å². The molecule has 0 aromatic heterocycles. The van der Waals surface area contributed by atoms with Gasteiger partial charge in [-0.15, -0.1) is 0 Å². The fourth-order valence-corrected chi connectivity index (χ4v) is 1.88. The first-order valence-corrected chi connectivity index (χ1v) is 5.67. The first kappa shape index (κ1) is 11.2. The Bertz CT molecular complexity index is 370. The van der Waals surface area contributed by atoms with Crippen LogP contribution in [0.15, 0.2) is 36.1 Å². The maximum atomic E-state index is 5.63. The van der Waals surface area contributed by atoms with E-state index in [0.717, 1.165) is 30.8 Å². The molecule has 0 saturated carbocycles. The fourth-order valence-electron chi connectivity index (χ4n) is 1.88. The number of allylic oxidation sites excluding steroid dienone is 1. The van der Waals surface area contributed by atoms with Crippen LogP contribution in [0.4, 0.5) is 0 Å². The van der Waals surface area contributed by atoms with E-state index in [2.05, 4.69) is 42.7 Å². The molecule has 86 valence electrons. The van der Waals surface area contributed by atoms with Gasteiger partial charge in [0.1, 0.15) is 11.8 Å². The van der Waals surface area contributed by atoms with Crippen molar-refractivity contribution in [3.8, 4) is 0 Å². The molecule has 0 aliphatic carbocycles. The highest BCUT2D eigenvalue weighted by Crippen LogP contribution is 2.25. The Balaban J connectivity index is 2.21. The van der Waals surface area contributed by atoms with Crippen LogP contribution in [-0.4, -0.2) is 6.61 Å². The van der Waals surface area contributed by atoms with Crippen LogP contribution in [0.2, 0.25) is 0 Å². The Morgan fingerprint density at radius 1 is 1.31 bits per heavy atom. The van der Waals surface area contributed by atoms with Gasteiger partial charge in [0.05, 0.1) is 6.61 Å². The van der Waals surface area contributed by atoms with Gasteiger partial charge < -0.3 is 4.74 Å². The smallest absolute Gasteiger partial charge is 0.115 e. The maximum absolute atomic E-state index is 5.63. The summed E-state index contributed by atoms with van der Waals surface area (Å²) >= 11 is 0. The summed E-state index contributed by atoms with van der Waals surface area (Å²) in [6, 6.07) is 8.31. The maximum Gasteiger partial charge on any atom is 0.115 e. The highest BCUT2D eigenvalue weighted by Gasteiger charge is 2.18. The molecule has 2 rings (SSSR count). The van der Waals surface area contributed by atoms with Crippen molar-refractivity contribution in [3.63, 3.8) is 0 Å². The average Bonchev–Trinajstić information content (AvgIpc) is 2.34. The largest absolute Gasteiger partial charge is 0.496 e. The molecule has 0 fully saturated rings. The zero-order valence-corrected chi connectivity index (χ0v) is 9.57. The highest BCUT2D eigenvalue weighted by molar-refractivity contribution is 5.29. The van der Waals surface area contributed by atoms with Crippen LogP contribution in [0, 0.1) is 6.92 Å². The summed E-state index contributed by atoms with van der Waals surface area (Å²) in [7, 11) is 0. The van der Waals surface area contributed by atoms with Gasteiger partial charge in [0.2, 0.25) is 0 Å². The van der Waals surface area contributed by atoms with Gasteiger partial charge in [-0.1, -0.05) is 29.8 Å². The SMILES string of the molecule is Cc1ccc(C(NN)C2=CCCCO2)cc1. The van der Waals surface area contributed by atoms with Crippen molar-refractivity contribution in [2.24, 2.45) is 5.84 Å². The molecule has 1 atom stereocenters. The number of hydrogen-bond acceptors (Lipinski definition) is 3. The zero-order chi connectivity index (χ0) is 11.4. The predicted octanol–water partition coefficient (Wildman–Crippen LogP) is 2.19. The number of hydrazine groups is 1. The molecule has 3 nitrogen and oxygen atoms in total. The van der Waals surface area contributed by atoms with Crippen molar-refractivity contribution >= 4 is 0 Å². The van der Waals surface area contributed by atoms with E-state index < -0.39 is 0 Å². The van der Waals surface area contributed by atoms with Gasteiger partial charge in [-0.25, -0.2) is 5.43 Å². The molecule has 0 saturated heterocycles. The number of benzene rings is 1.